The largest absolute Gasteiger partial charge is 0.457 e. The number of amides is 1. The Balaban J connectivity index is 0.00000363. The first-order valence-electron chi connectivity index (χ1n) is 10.8. The fourth-order valence-electron chi connectivity index (χ4n) is 3.54. The van der Waals surface area contributed by atoms with Crippen LogP contribution >= 0.6 is 24.0 Å². The Morgan fingerprint density at radius 1 is 1.06 bits per heavy atom. The van der Waals surface area contributed by atoms with E-state index in [1.807, 2.05) is 35.2 Å². The number of aliphatic imine (C=N–C) groups is 1. The molecule has 2 aromatic carbocycles. The van der Waals surface area contributed by atoms with E-state index in [4.69, 9.17) is 4.74 Å². The van der Waals surface area contributed by atoms with E-state index in [0.29, 0.717) is 6.54 Å². The van der Waals surface area contributed by atoms with Gasteiger partial charge in [0.2, 0.25) is 5.91 Å². The number of halogens is 1. The number of para-hydroxylation sites is 1. The predicted molar refractivity (Wildman–Crippen MR) is 140 cm³/mol. The van der Waals surface area contributed by atoms with Gasteiger partial charge in [-0.25, -0.2) is 0 Å². The number of carbonyl (C=O) groups is 1. The van der Waals surface area contributed by atoms with Crippen LogP contribution in [0.4, 0.5) is 0 Å². The summed E-state index contributed by atoms with van der Waals surface area (Å²) in [5, 5.41) is 6.76. The molecule has 1 amide bonds. The molecule has 0 saturated carbocycles. The molecule has 0 aliphatic carbocycles. The Labute approximate surface area is 208 Å². The van der Waals surface area contributed by atoms with Crippen molar-refractivity contribution in [3.63, 3.8) is 0 Å². The molecular formula is C24H34IN5O2. The number of benzene rings is 2. The number of hydrogen-bond donors (Lipinski definition) is 2. The molecule has 0 aromatic heterocycles. The third-order valence-electron chi connectivity index (χ3n) is 5.40. The summed E-state index contributed by atoms with van der Waals surface area (Å²) in [6.45, 7) is 9.45. The van der Waals surface area contributed by atoms with Crippen LogP contribution < -0.4 is 15.4 Å². The predicted octanol–water partition coefficient (Wildman–Crippen LogP) is 3.23. The van der Waals surface area contributed by atoms with Crippen LogP contribution in [-0.4, -0.2) is 68.0 Å². The summed E-state index contributed by atoms with van der Waals surface area (Å²) in [6, 6.07) is 16.1. The smallest absolute Gasteiger partial charge is 0.219 e. The lowest BCUT2D eigenvalue weighted by Crippen LogP contribution is -2.50. The van der Waals surface area contributed by atoms with Gasteiger partial charge in [-0.2, -0.15) is 0 Å². The van der Waals surface area contributed by atoms with Crippen molar-refractivity contribution < 1.29 is 9.53 Å². The van der Waals surface area contributed by atoms with Crippen molar-refractivity contribution in [1.29, 1.82) is 0 Å². The van der Waals surface area contributed by atoms with Crippen molar-refractivity contribution in [2.75, 3.05) is 46.3 Å². The number of hydrogen-bond acceptors (Lipinski definition) is 4. The number of nitrogens with zero attached hydrogens (tertiary/aromatic N) is 3. The standard InChI is InChI=1S/C24H33N5O2.HI/c1-19-9-10-21(23(17-19)31-22-7-5-4-6-8-22)18-27-24(25-3)26-11-12-28-13-15-29(16-14-28)20(2)30;/h4-10,17H,11-16,18H2,1-3H3,(H2,25,26,27);1H. The minimum Gasteiger partial charge on any atom is -0.457 e. The zero-order valence-electron chi connectivity index (χ0n) is 19.1. The quantitative estimate of drug-likeness (QED) is 0.314. The van der Waals surface area contributed by atoms with Gasteiger partial charge < -0.3 is 20.3 Å². The lowest BCUT2D eigenvalue weighted by Gasteiger charge is -2.34. The Morgan fingerprint density at radius 3 is 2.44 bits per heavy atom. The first-order chi connectivity index (χ1) is 15.0. The molecule has 0 atom stereocenters. The van der Waals surface area contributed by atoms with Crippen LogP contribution in [0.3, 0.4) is 0 Å². The van der Waals surface area contributed by atoms with E-state index < -0.39 is 0 Å². The number of aryl methyl sites for hydroxylation is 1. The van der Waals surface area contributed by atoms with Crippen molar-refractivity contribution in [2.24, 2.45) is 4.99 Å². The van der Waals surface area contributed by atoms with Crippen LogP contribution in [0.1, 0.15) is 18.1 Å². The fourth-order valence-corrected chi connectivity index (χ4v) is 3.54. The summed E-state index contributed by atoms with van der Waals surface area (Å²) < 4.78 is 6.11. The first kappa shape index (κ1) is 25.9. The molecule has 3 rings (SSSR count). The SMILES string of the molecule is CN=C(NCCN1CCN(C(C)=O)CC1)NCc1ccc(C)cc1Oc1ccccc1.I. The summed E-state index contributed by atoms with van der Waals surface area (Å²) >= 11 is 0. The van der Waals surface area contributed by atoms with Crippen molar-refractivity contribution in [3.8, 4) is 11.5 Å². The third kappa shape index (κ3) is 7.98. The number of carbonyl (C=O) groups excluding carboxylic acids is 1. The van der Waals surface area contributed by atoms with Crippen molar-refractivity contribution in [3.05, 3.63) is 59.7 Å². The van der Waals surface area contributed by atoms with Gasteiger partial charge in [0, 0.05) is 65.3 Å². The van der Waals surface area contributed by atoms with Gasteiger partial charge in [0.15, 0.2) is 5.96 Å². The average molecular weight is 551 g/mol. The summed E-state index contributed by atoms with van der Waals surface area (Å²) in [5.74, 6) is 2.59. The van der Waals surface area contributed by atoms with E-state index in [2.05, 4.69) is 45.6 Å². The number of guanidine groups is 1. The number of rotatable bonds is 7. The second kappa shape index (κ2) is 13.3. The van der Waals surface area contributed by atoms with Crippen molar-refractivity contribution in [1.82, 2.24) is 20.4 Å². The fraction of sp³-hybridized carbons (Fsp3) is 0.417. The molecule has 1 heterocycles. The van der Waals surface area contributed by atoms with E-state index in [-0.39, 0.29) is 29.9 Å². The Morgan fingerprint density at radius 2 is 1.78 bits per heavy atom. The second-order valence-electron chi connectivity index (χ2n) is 7.73. The normalized spacial score (nSPS) is 14.5. The Bertz CT molecular complexity index is 883. The number of nitrogens with one attached hydrogen (secondary N) is 2. The molecule has 174 valence electrons. The molecule has 7 nitrogen and oxygen atoms in total. The van der Waals surface area contributed by atoms with E-state index >= 15 is 0 Å². The highest BCUT2D eigenvalue weighted by atomic mass is 127. The van der Waals surface area contributed by atoms with Crippen molar-refractivity contribution >= 4 is 35.8 Å². The maximum atomic E-state index is 11.4. The van der Waals surface area contributed by atoms with Gasteiger partial charge in [-0.3, -0.25) is 14.7 Å². The maximum Gasteiger partial charge on any atom is 0.219 e. The maximum absolute atomic E-state index is 11.4. The zero-order valence-corrected chi connectivity index (χ0v) is 21.5. The lowest BCUT2D eigenvalue weighted by atomic mass is 10.1. The summed E-state index contributed by atoms with van der Waals surface area (Å²) in [4.78, 5) is 20.0. The highest BCUT2D eigenvalue weighted by Gasteiger charge is 2.18. The minimum atomic E-state index is 0. The van der Waals surface area contributed by atoms with Crippen LogP contribution in [0.5, 0.6) is 11.5 Å². The molecule has 1 aliphatic heterocycles. The minimum absolute atomic E-state index is 0. The molecule has 0 bridgehead atoms. The van der Waals surface area contributed by atoms with Crippen LogP contribution in [0, 0.1) is 6.92 Å². The van der Waals surface area contributed by atoms with E-state index in [1.54, 1.807) is 14.0 Å². The molecule has 1 saturated heterocycles. The molecule has 2 N–H and O–H groups in total. The van der Waals surface area contributed by atoms with Crippen molar-refractivity contribution in [2.45, 2.75) is 20.4 Å². The van der Waals surface area contributed by atoms with Crippen LogP contribution in [0.25, 0.3) is 0 Å². The monoisotopic (exact) mass is 551 g/mol. The molecule has 0 radical (unpaired) electrons. The van der Waals surface area contributed by atoms with Gasteiger partial charge in [-0.15, -0.1) is 24.0 Å². The zero-order chi connectivity index (χ0) is 22.1. The van der Waals surface area contributed by atoms with Gasteiger partial charge in [0.25, 0.3) is 0 Å². The van der Waals surface area contributed by atoms with Gasteiger partial charge in [-0.1, -0.05) is 30.3 Å². The topological polar surface area (TPSA) is 69.2 Å². The van der Waals surface area contributed by atoms with Gasteiger partial charge in [0.1, 0.15) is 11.5 Å². The van der Waals surface area contributed by atoms with E-state index in [0.717, 1.165) is 67.9 Å². The van der Waals surface area contributed by atoms with Gasteiger partial charge >= 0.3 is 0 Å². The molecule has 0 spiro atoms. The number of piperazine rings is 1. The van der Waals surface area contributed by atoms with Crippen LogP contribution in [0.2, 0.25) is 0 Å². The average Bonchev–Trinajstić information content (AvgIpc) is 2.78. The number of ether oxygens (including phenoxy) is 1. The Hall–Kier alpha value is -2.33. The summed E-state index contributed by atoms with van der Waals surface area (Å²) in [6.07, 6.45) is 0. The molecule has 2 aromatic rings. The highest BCUT2D eigenvalue weighted by molar-refractivity contribution is 14.0. The van der Waals surface area contributed by atoms with Gasteiger partial charge in [-0.05, 0) is 30.7 Å². The van der Waals surface area contributed by atoms with Gasteiger partial charge in [0.05, 0.1) is 0 Å². The highest BCUT2D eigenvalue weighted by Crippen LogP contribution is 2.26. The van der Waals surface area contributed by atoms with Crippen LogP contribution in [0.15, 0.2) is 53.5 Å². The van der Waals surface area contributed by atoms with E-state index in [1.165, 1.54) is 0 Å². The Kier molecular flexibility index (Phi) is 10.8. The molecule has 1 fully saturated rings. The molecule has 1 aliphatic rings. The third-order valence-corrected chi connectivity index (χ3v) is 5.40. The molecule has 8 heteroatoms. The molecule has 32 heavy (non-hydrogen) atoms. The second-order valence-corrected chi connectivity index (χ2v) is 7.73. The summed E-state index contributed by atoms with van der Waals surface area (Å²) in [5.41, 5.74) is 2.22. The van der Waals surface area contributed by atoms with E-state index in [9.17, 15) is 4.79 Å². The van der Waals surface area contributed by atoms with Crippen LogP contribution in [-0.2, 0) is 11.3 Å². The summed E-state index contributed by atoms with van der Waals surface area (Å²) in [7, 11) is 1.78. The first-order valence-corrected chi connectivity index (χ1v) is 10.8. The lowest BCUT2D eigenvalue weighted by molar-refractivity contribution is -0.130. The molecular weight excluding hydrogens is 517 g/mol. The molecule has 0 unspecified atom stereocenters.